The second kappa shape index (κ2) is 7.98. The Hall–Kier alpha value is -1.61. The maximum absolute atomic E-state index is 12.4. The zero-order valence-corrected chi connectivity index (χ0v) is 15.5. The van der Waals surface area contributed by atoms with Gasteiger partial charge >= 0.3 is 0 Å². The van der Waals surface area contributed by atoms with Gasteiger partial charge in [0, 0.05) is 6.04 Å². The Kier molecular flexibility index (Phi) is 6.22. The Morgan fingerprint density at radius 2 is 2.00 bits per heavy atom. The molecule has 1 heterocycles. The first kappa shape index (κ1) is 18.7. The Labute approximate surface area is 155 Å². The van der Waals surface area contributed by atoms with Crippen LogP contribution in [0.3, 0.4) is 0 Å². The van der Waals surface area contributed by atoms with Crippen molar-refractivity contribution in [2.75, 3.05) is 6.61 Å². The number of thioether (sulfide) groups is 1. The number of amides is 2. The van der Waals surface area contributed by atoms with Gasteiger partial charge in [-0.05, 0) is 48.9 Å². The number of carbonyl (C=O) groups excluding carboxylic acids is 2. The minimum atomic E-state index is -0.306. The fraction of sp³-hybridized carbons (Fsp3) is 0.294. The summed E-state index contributed by atoms with van der Waals surface area (Å²) in [7, 11) is 0. The molecule has 2 amide bonds. The quantitative estimate of drug-likeness (QED) is 0.538. The smallest absolute Gasteiger partial charge is 0.293 e. The Morgan fingerprint density at radius 3 is 2.54 bits per heavy atom. The van der Waals surface area contributed by atoms with Gasteiger partial charge in [0.25, 0.3) is 11.1 Å². The third kappa shape index (κ3) is 3.89. The third-order valence-corrected chi connectivity index (χ3v) is 4.92. The lowest BCUT2D eigenvalue weighted by atomic mass is 10.2. The van der Waals surface area contributed by atoms with Crippen LogP contribution in [0.25, 0.3) is 6.08 Å². The molecule has 1 aromatic carbocycles. The van der Waals surface area contributed by atoms with Crippen LogP contribution in [0.15, 0.2) is 17.0 Å². The number of halogens is 2. The lowest BCUT2D eigenvalue weighted by Crippen LogP contribution is -2.36. The van der Waals surface area contributed by atoms with Crippen LogP contribution in [0, 0.1) is 12.3 Å². The molecule has 0 N–H and O–H groups in total. The Balaban J connectivity index is 2.31. The van der Waals surface area contributed by atoms with Crippen molar-refractivity contribution in [3.8, 4) is 18.1 Å². The molecule has 24 heavy (non-hydrogen) atoms. The van der Waals surface area contributed by atoms with Crippen LogP contribution < -0.4 is 4.74 Å². The monoisotopic (exact) mass is 383 g/mol. The molecular formula is C17H15Cl2NO3S. The van der Waals surface area contributed by atoms with Crippen LogP contribution in [0.4, 0.5) is 4.79 Å². The van der Waals surface area contributed by atoms with E-state index >= 15 is 0 Å². The zero-order chi connectivity index (χ0) is 17.9. The van der Waals surface area contributed by atoms with Crippen molar-refractivity contribution in [2.45, 2.75) is 26.3 Å². The van der Waals surface area contributed by atoms with E-state index in [0.29, 0.717) is 22.6 Å². The Morgan fingerprint density at radius 1 is 1.38 bits per heavy atom. The number of hydrogen-bond acceptors (Lipinski definition) is 4. The summed E-state index contributed by atoms with van der Waals surface area (Å²) in [5, 5.41) is 0.294. The van der Waals surface area contributed by atoms with Crippen LogP contribution >= 0.6 is 35.0 Å². The standard InChI is InChI=1S/C17H15Cl2NO3S/c1-4-6-23-15-12(18)7-11(8-13(15)19)9-14-16(21)20(10(3)5-2)17(22)24-14/h1,7-10H,5-6H2,2-3H3/t10-/m1/s1. The molecule has 1 saturated heterocycles. The van der Waals surface area contributed by atoms with Crippen LogP contribution in [0.2, 0.25) is 10.0 Å². The van der Waals surface area contributed by atoms with Gasteiger partial charge in [-0.1, -0.05) is 36.0 Å². The summed E-state index contributed by atoms with van der Waals surface area (Å²) in [5.41, 5.74) is 0.604. The average molecular weight is 384 g/mol. The fourth-order valence-electron chi connectivity index (χ4n) is 2.11. The molecule has 1 aliphatic heterocycles. The first-order valence-electron chi connectivity index (χ1n) is 7.21. The third-order valence-electron chi connectivity index (χ3n) is 3.47. The van der Waals surface area contributed by atoms with Crippen LogP contribution in [0.1, 0.15) is 25.8 Å². The lowest BCUT2D eigenvalue weighted by molar-refractivity contribution is -0.124. The summed E-state index contributed by atoms with van der Waals surface area (Å²) in [5.74, 6) is 2.32. The number of hydrogen-bond donors (Lipinski definition) is 0. The first-order chi connectivity index (χ1) is 11.4. The highest BCUT2D eigenvalue weighted by molar-refractivity contribution is 8.18. The van der Waals surface area contributed by atoms with Crippen molar-refractivity contribution >= 4 is 52.2 Å². The highest BCUT2D eigenvalue weighted by atomic mass is 35.5. The van der Waals surface area contributed by atoms with Crippen molar-refractivity contribution in [2.24, 2.45) is 0 Å². The van der Waals surface area contributed by atoms with Gasteiger partial charge in [-0.25, -0.2) is 0 Å². The molecule has 0 spiro atoms. The lowest BCUT2D eigenvalue weighted by Gasteiger charge is -2.19. The van der Waals surface area contributed by atoms with E-state index in [1.54, 1.807) is 18.2 Å². The van der Waals surface area contributed by atoms with E-state index in [2.05, 4.69) is 5.92 Å². The first-order valence-corrected chi connectivity index (χ1v) is 8.78. The van der Waals surface area contributed by atoms with E-state index in [9.17, 15) is 9.59 Å². The van der Waals surface area contributed by atoms with Crippen molar-refractivity contribution in [3.05, 3.63) is 32.6 Å². The van der Waals surface area contributed by atoms with Crippen LogP contribution in [-0.2, 0) is 4.79 Å². The maximum Gasteiger partial charge on any atom is 0.293 e. The fourth-order valence-corrected chi connectivity index (χ4v) is 3.65. The molecule has 1 fully saturated rings. The molecule has 2 rings (SSSR count). The van der Waals surface area contributed by atoms with E-state index in [1.807, 2.05) is 13.8 Å². The van der Waals surface area contributed by atoms with Gasteiger partial charge in [0.1, 0.15) is 6.61 Å². The van der Waals surface area contributed by atoms with Gasteiger partial charge in [0.15, 0.2) is 5.75 Å². The molecule has 1 atom stereocenters. The summed E-state index contributed by atoms with van der Waals surface area (Å²) < 4.78 is 5.29. The molecule has 7 heteroatoms. The van der Waals surface area contributed by atoms with Crippen molar-refractivity contribution < 1.29 is 14.3 Å². The van der Waals surface area contributed by atoms with E-state index in [-0.39, 0.29) is 33.8 Å². The number of ether oxygens (including phenoxy) is 1. The SMILES string of the molecule is C#CCOc1c(Cl)cc(C=C2SC(=O)N([C@H](C)CC)C2=O)cc1Cl. The summed E-state index contributed by atoms with van der Waals surface area (Å²) in [6.45, 7) is 3.81. The van der Waals surface area contributed by atoms with Crippen molar-refractivity contribution in [1.82, 2.24) is 4.90 Å². The summed E-state index contributed by atoms with van der Waals surface area (Å²) in [6.07, 6.45) is 7.44. The normalized spacial score (nSPS) is 17.3. The molecule has 1 aliphatic rings. The van der Waals surface area contributed by atoms with Crippen molar-refractivity contribution in [1.29, 1.82) is 0 Å². The topological polar surface area (TPSA) is 46.6 Å². The second-order valence-corrected chi connectivity index (χ2v) is 6.92. The molecular weight excluding hydrogens is 369 g/mol. The van der Waals surface area contributed by atoms with Gasteiger partial charge in [-0.2, -0.15) is 0 Å². The zero-order valence-electron chi connectivity index (χ0n) is 13.1. The van der Waals surface area contributed by atoms with Gasteiger partial charge < -0.3 is 4.74 Å². The maximum atomic E-state index is 12.4. The molecule has 1 aromatic rings. The van der Waals surface area contributed by atoms with E-state index in [1.165, 1.54) is 4.90 Å². The Bertz CT molecular complexity index is 732. The largest absolute Gasteiger partial charge is 0.478 e. The van der Waals surface area contributed by atoms with Crippen molar-refractivity contribution in [3.63, 3.8) is 0 Å². The minimum absolute atomic E-state index is 0.0482. The summed E-state index contributed by atoms with van der Waals surface area (Å²) in [6, 6.07) is 3.07. The van der Waals surface area contributed by atoms with Crippen LogP contribution in [0.5, 0.6) is 5.75 Å². The van der Waals surface area contributed by atoms with E-state index in [4.69, 9.17) is 34.4 Å². The van der Waals surface area contributed by atoms with E-state index in [0.717, 1.165) is 11.8 Å². The highest BCUT2D eigenvalue weighted by Crippen LogP contribution is 2.38. The van der Waals surface area contributed by atoms with Crippen LogP contribution in [-0.4, -0.2) is 28.7 Å². The highest BCUT2D eigenvalue weighted by Gasteiger charge is 2.37. The van der Waals surface area contributed by atoms with Gasteiger partial charge in [0.05, 0.1) is 15.0 Å². The molecule has 0 bridgehead atoms. The molecule has 126 valence electrons. The average Bonchev–Trinajstić information content (AvgIpc) is 2.80. The molecule has 0 aromatic heterocycles. The summed E-state index contributed by atoms with van der Waals surface area (Å²) in [4.78, 5) is 26.0. The second-order valence-electron chi connectivity index (χ2n) is 5.12. The van der Waals surface area contributed by atoms with Gasteiger partial charge in [0.2, 0.25) is 0 Å². The number of nitrogens with zero attached hydrogens (tertiary/aromatic N) is 1. The molecule has 0 saturated carbocycles. The molecule has 0 aliphatic carbocycles. The predicted octanol–water partition coefficient (Wildman–Crippen LogP) is 4.84. The molecule has 4 nitrogen and oxygen atoms in total. The van der Waals surface area contributed by atoms with Gasteiger partial charge in [-0.3, -0.25) is 14.5 Å². The number of benzene rings is 1. The van der Waals surface area contributed by atoms with Gasteiger partial charge in [-0.15, -0.1) is 6.42 Å². The number of carbonyl (C=O) groups is 2. The number of imide groups is 1. The number of terminal acetylenes is 1. The molecule has 0 unspecified atom stereocenters. The predicted molar refractivity (Wildman–Crippen MR) is 98.4 cm³/mol. The molecule has 0 radical (unpaired) electrons. The number of rotatable bonds is 5. The van der Waals surface area contributed by atoms with E-state index < -0.39 is 0 Å². The minimum Gasteiger partial charge on any atom is -0.478 e. The summed E-state index contributed by atoms with van der Waals surface area (Å²) >= 11 is 13.2.